The molecule has 0 saturated carbocycles. The first-order valence-corrected chi connectivity index (χ1v) is 5.57. The summed E-state index contributed by atoms with van der Waals surface area (Å²) < 4.78 is 13.6. The minimum atomic E-state index is -0.540. The molecule has 0 amide bonds. The maximum absolute atomic E-state index is 13.6. The zero-order valence-electron chi connectivity index (χ0n) is 9.85. The summed E-state index contributed by atoms with van der Waals surface area (Å²) in [6.07, 6.45) is 2.80. The Balaban J connectivity index is 2.43. The second kappa shape index (κ2) is 5.35. The Labute approximate surface area is 104 Å². The third-order valence-corrected chi connectivity index (χ3v) is 2.46. The lowest BCUT2D eigenvalue weighted by Gasteiger charge is -2.08. The molecular formula is C13H12FN3O. The highest BCUT2D eigenvalue weighted by Crippen LogP contribution is 2.18. The van der Waals surface area contributed by atoms with Crippen LogP contribution in [-0.2, 0) is 0 Å². The number of halogens is 1. The van der Waals surface area contributed by atoms with Gasteiger partial charge in [-0.1, -0.05) is 12.1 Å². The SMILES string of the molecule is CCNc1cnncc1C(=O)c1ccccc1F. The molecule has 0 aliphatic rings. The maximum Gasteiger partial charge on any atom is 0.199 e. The highest BCUT2D eigenvalue weighted by molar-refractivity contribution is 6.12. The molecule has 18 heavy (non-hydrogen) atoms. The molecule has 1 heterocycles. The Morgan fingerprint density at radius 1 is 1.22 bits per heavy atom. The van der Waals surface area contributed by atoms with Gasteiger partial charge in [0.25, 0.3) is 0 Å². The first-order chi connectivity index (χ1) is 8.74. The van der Waals surface area contributed by atoms with Crippen molar-refractivity contribution in [1.82, 2.24) is 10.2 Å². The van der Waals surface area contributed by atoms with E-state index in [2.05, 4.69) is 15.5 Å². The summed E-state index contributed by atoms with van der Waals surface area (Å²) >= 11 is 0. The number of carbonyl (C=O) groups excluding carboxylic acids is 1. The molecule has 0 spiro atoms. The van der Waals surface area contributed by atoms with E-state index in [1.54, 1.807) is 12.1 Å². The molecule has 1 N–H and O–H groups in total. The average molecular weight is 245 g/mol. The predicted molar refractivity (Wildman–Crippen MR) is 66.0 cm³/mol. The fourth-order valence-corrected chi connectivity index (χ4v) is 1.62. The lowest BCUT2D eigenvalue weighted by molar-refractivity contribution is 0.103. The van der Waals surface area contributed by atoms with Gasteiger partial charge in [0.1, 0.15) is 5.82 Å². The van der Waals surface area contributed by atoms with Crippen LogP contribution in [0.5, 0.6) is 0 Å². The van der Waals surface area contributed by atoms with Gasteiger partial charge in [0.2, 0.25) is 0 Å². The number of anilines is 1. The molecule has 0 atom stereocenters. The number of hydrogen-bond donors (Lipinski definition) is 1. The van der Waals surface area contributed by atoms with Crippen LogP contribution in [0.1, 0.15) is 22.8 Å². The number of benzene rings is 1. The van der Waals surface area contributed by atoms with Crippen molar-refractivity contribution in [2.24, 2.45) is 0 Å². The third-order valence-electron chi connectivity index (χ3n) is 2.46. The fraction of sp³-hybridized carbons (Fsp3) is 0.154. The minimum absolute atomic E-state index is 0.0321. The molecule has 0 bridgehead atoms. The van der Waals surface area contributed by atoms with Gasteiger partial charge in [-0.3, -0.25) is 4.79 Å². The molecule has 2 rings (SSSR count). The number of ketones is 1. The molecule has 2 aromatic rings. The zero-order valence-corrected chi connectivity index (χ0v) is 9.85. The van der Waals surface area contributed by atoms with Gasteiger partial charge in [0, 0.05) is 6.54 Å². The van der Waals surface area contributed by atoms with Crippen LogP contribution in [0.15, 0.2) is 36.7 Å². The van der Waals surface area contributed by atoms with Gasteiger partial charge in [0.15, 0.2) is 5.78 Å². The largest absolute Gasteiger partial charge is 0.383 e. The Hall–Kier alpha value is -2.30. The highest BCUT2D eigenvalue weighted by Gasteiger charge is 2.17. The van der Waals surface area contributed by atoms with E-state index < -0.39 is 11.6 Å². The topological polar surface area (TPSA) is 54.9 Å². The number of carbonyl (C=O) groups is 1. The van der Waals surface area contributed by atoms with Crippen LogP contribution in [0.4, 0.5) is 10.1 Å². The monoisotopic (exact) mass is 245 g/mol. The van der Waals surface area contributed by atoms with Gasteiger partial charge < -0.3 is 5.32 Å². The average Bonchev–Trinajstić information content (AvgIpc) is 2.40. The quantitative estimate of drug-likeness (QED) is 0.839. The van der Waals surface area contributed by atoms with Crippen molar-refractivity contribution < 1.29 is 9.18 Å². The molecule has 1 aromatic heterocycles. The summed E-state index contributed by atoms with van der Waals surface area (Å²) in [6.45, 7) is 2.54. The normalized spacial score (nSPS) is 10.1. The van der Waals surface area contributed by atoms with Gasteiger partial charge in [-0.2, -0.15) is 10.2 Å². The van der Waals surface area contributed by atoms with E-state index in [0.717, 1.165) is 0 Å². The van der Waals surface area contributed by atoms with E-state index in [-0.39, 0.29) is 5.56 Å². The van der Waals surface area contributed by atoms with Gasteiger partial charge in [0.05, 0.1) is 29.2 Å². The Kier molecular flexibility index (Phi) is 3.62. The zero-order chi connectivity index (χ0) is 13.0. The number of hydrogen-bond acceptors (Lipinski definition) is 4. The van der Waals surface area contributed by atoms with Gasteiger partial charge in [-0.25, -0.2) is 4.39 Å². The van der Waals surface area contributed by atoms with E-state index >= 15 is 0 Å². The summed E-state index contributed by atoms with van der Waals surface area (Å²) in [7, 11) is 0. The van der Waals surface area contributed by atoms with E-state index in [0.29, 0.717) is 17.8 Å². The standard InChI is InChI=1S/C13H12FN3O/c1-2-15-12-8-17-16-7-10(12)13(18)9-5-3-4-6-11(9)14/h3-8H,2H2,1H3,(H,15,16). The van der Waals surface area contributed by atoms with Crippen LogP contribution >= 0.6 is 0 Å². The van der Waals surface area contributed by atoms with Crippen molar-refractivity contribution in [1.29, 1.82) is 0 Å². The van der Waals surface area contributed by atoms with Crippen molar-refractivity contribution in [3.63, 3.8) is 0 Å². The molecule has 0 saturated heterocycles. The van der Waals surface area contributed by atoms with Crippen molar-refractivity contribution in [3.8, 4) is 0 Å². The van der Waals surface area contributed by atoms with Crippen LogP contribution in [0, 0.1) is 5.82 Å². The number of aromatic nitrogens is 2. The van der Waals surface area contributed by atoms with E-state index in [4.69, 9.17) is 0 Å². The smallest absolute Gasteiger partial charge is 0.199 e. The second-order valence-corrected chi connectivity index (χ2v) is 3.66. The molecule has 1 aromatic carbocycles. The molecule has 0 unspecified atom stereocenters. The molecule has 92 valence electrons. The Morgan fingerprint density at radius 2 is 1.94 bits per heavy atom. The molecule has 5 heteroatoms. The molecule has 0 aliphatic heterocycles. The van der Waals surface area contributed by atoms with Crippen LogP contribution < -0.4 is 5.32 Å². The van der Waals surface area contributed by atoms with E-state index in [1.165, 1.54) is 24.5 Å². The van der Waals surface area contributed by atoms with Gasteiger partial charge >= 0.3 is 0 Å². The van der Waals surface area contributed by atoms with Crippen LogP contribution in [0.3, 0.4) is 0 Å². The van der Waals surface area contributed by atoms with Gasteiger partial charge in [-0.05, 0) is 19.1 Å². The molecule has 0 fully saturated rings. The van der Waals surface area contributed by atoms with E-state index in [9.17, 15) is 9.18 Å². The van der Waals surface area contributed by atoms with Crippen molar-refractivity contribution in [3.05, 3.63) is 53.6 Å². The second-order valence-electron chi connectivity index (χ2n) is 3.66. The van der Waals surface area contributed by atoms with Crippen LogP contribution in [0.2, 0.25) is 0 Å². The lowest BCUT2D eigenvalue weighted by atomic mass is 10.0. The van der Waals surface area contributed by atoms with Crippen LogP contribution in [-0.4, -0.2) is 22.5 Å². The molecular weight excluding hydrogens is 233 g/mol. The fourth-order valence-electron chi connectivity index (χ4n) is 1.62. The molecule has 0 radical (unpaired) electrons. The maximum atomic E-state index is 13.6. The Morgan fingerprint density at radius 3 is 2.67 bits per heavy atom. The summed E-state index contributed by atoms with van der Waals surface area (Å²) in [5.41, 5.74) is 0.905. The van der Waals surface area contributed by atoms with Crippen LogP contribution in [0.25, 0.3) is 0 Å². The molecule has 0 aliphatic carbocycles. The lowest BCUT2D eigenvalue weighted by Crippen LogP contribution is -2.10. The van der Waals surface area contributed by atoms with Crippen molar-refractivity contribution >= 4 is 11.5 Å². The summed E-state index contributed by atoms with van der Waals surface area (Å²) in [5.74, 6) is -0.944. The highest BCUT2D eigenvalue weighted by atomic mass is 19.1. The van der Waals surface area contributed by atoms with Gasteiger partial charge in [-0.15, -0.1) is 0 Å². The summed E-state index contributed by atoms with van der Waals surface area (Å²) in [4.78, 5) is 12.2. The van der Waals surface area contributed by atoms with Crippen molar-refractivity contribution in [2.45, 2.75) is 6.92 Å². The minimum Gasteiger partial charge on any atom is -0.383 e. The summed E-state index contributed by atoms with van der Waals surface area (Å²) in [5, 5.41) is 10.4. The number of rotatable bonds is 4. The van der Waals surface area contributed by atoms with Crippen molar-refractivity contribution in [2.75, 3.05) is 11.9 Å². The number of nitrogens with zero attached hydrogens (tertiary/aromatic N) is 2. The first-order valence-electron chi connectivity index (χ1n) is 5.57. The third kappa shape index (κ3) is 2.34. The predicted octanol–water partition coefficient (Wildman–Crippen LogP) is 2.28. The summed E-state index contributed by atoms with van der Waals surface area (Å²) in [6, 6.07) is 5.88. The number of nitrogens with one attached hydrogen (secondary N) is 1. The van der Waals surface area contributed by atoms with E-state index in [1.807, 2.05) is 6.92 Å². The first kappa shape index (κ1) is 12.2. The Bertz CT molecular complexity index is 572. The molecule has 4 nitrogen and oxygen atoms in total.